The lowest BCUT2D eigenvalue weighted by Crippen LogP contribution is -2.26. The number of halogens is 2. The number of nitrogens with zero attached hydrogens (tertiary/aromatic N) is 1. The predicted molar refractivity (Wildman–Crippen MR) is 86.0 cm³/mol. The number of anilines is 1. The molecule has 0 fully saturated rings. The van der Waals surface area contributed by atoms with Crippen molar-refractivity contribution in [2.45, 2.75) is 11.4 Å². The van der Waals surface area contributed by atoms with Gasteiger partial charge in [-0.25, -0.2) is 8.42 Å². The molecule has 2 aromatic carbocycles. The third-order valence-corrected chi connectivity index (χ3v) is 5.42. The Kier molecular flexibility index (Phi) is 4.78. The van der Waals surface area contributed by atoms with E-state index in [1.165, 1.54) is 35.6 Å². The van der Waals surface area contributed by atoms with E-state index in [0.29, 0.717) is 21.3 Å². The van der Waals surface area contributed by atoms with Crippen LogP contribution in [0.5, 0.6) is 0 Å². The van der Waals surface area contributed by atoms with Crippen molar-refractivity contribution in [2.24, 2.45) is 0 Å². The zero-order chi connectivity index (χ0) is 15.6. The van der Waals surface area contributed by atoms with Crippen LogP contribution in [0.15, 0.2) is 47.4 Å². The third kappa shape index (κ3) is 3.68. The lowest BCUT2D eigenvalue weighted by molar-refractivity contribution is 0.467. The van der Waals surface area contributed by atoms with Crippen LogP contribution in [0, 0.1) is 0 Å². The van der Waals surface area contributed by atoms with E-state index in [-0.39, 0.29) is 11.4 Å². The summed E-state index contributed by atoms with van der Waals surface area (Å²) in [5, 5.41) is 0.956. The first-order chi connectivity index (χ1) is 9.80. The molecule has 0 bridgehead atoms. The summed E-state index contributed by atoms with van der Waals surface area (Å²) in [5.74, 6) is 0. The average Bonchev–Trinajstić information content (AvgIpc) is 2.43. The second kappa shape index (κ2) is 6.23. The van der Waals surface area contributed by atoms with Crippen LogP contribution in [0.25, 0.3) is 0 Å². The van der Waals surface area contributed by atoms with Gasteiger partial charge in [-0.15, -0.1) is 0 Å². The van der Waals surface area contributed by atoms with Crippen LogP contribution in [-0.2, 0) is 16.6 Å². The van der Waals surface area contributed by atoms with Crippen molar-refractivity contribution >= 4 is 38.9 Å². The Bertz CT molecular complexity index is 746. The average molecular weight is 345 g/mol. The topological polar surface area (TPSA) is 63.4 Å². The molecule has 0 aliphatic rings. The van der Waals surface area contributed by atoms with Crippen LogP contribution in [-0.4, -0.2) is 19.8 Å². The largest absolute Gasteiger partial charge is 0.399 e. The van der Waals surface area contributed by atoms with Crippen LogP contribution in [0.3, 0.4) is 0 Å². The Labute approximate surface area is 134 Å². The molecule has 0 unspecified atom stereocenters. The summed E-state index contributed by atoms with van der Waals surface area (Å²) in [6.07, 6.45) is 0. The number of benzene rings is 2. The van der Waals surface area contributed by atoms with E-state index in [1.54, 1.807) is 18.2 Å². The van der Waals surface area contributed by atoms with Gasteiger partial charge in [-0.1, -0.05) is 23.2 Å². The van der Waals surface area contributed by atoms with Crippen molar-refractivity contribution in [3.8, 4) is 0 Å². The fraction of sp³-hybridized carbons (Fsp3) is 0.143. The summed E-state index contributed by atoms with van der Waals surface area (Å²) in [6, 6.07) is 11.0. The predicted octanol–water partition coefficient (Wildman–Crippen LogP) is 3.40. The van der Waals surface area contributed by atoms with Crippen LogP contribution >= 0.6 is 23.2 Å². The maximum absolute atomic E-state index is 12.5. The minimum Gasteiger partial charge on any atom is -0.399 e. The lowest BCUT2D eigenvalue weighted by Gasteiger charge is -2.18. The molecule has 112 valence electrons. The Balaban J connectivity index is 2.28. The van der Waals surface area contributed by atoms with Crippen LogP contribution in [0.2, 0.25) is 10.0 Å². The number of hydrogen-bond donors (Lipinski definition) is 1. The van der Waals surface area contributed by atoms with Crippen LogP contribution < -0.4 is 5.73 Å². The van der Waals surface area contributed by atoms with Crippen LogP contribution in [0.4, 0.5) is 5.69 Å². The van der Waals surface area contributed by atoms with Crippen molar-refractivity contribution in [3.63, 3.8) is 0 Å². The highest BCUT2D eigenvalue weighted by atomic mass is 35.5. The van der Waals surface area contributed by atoms with Gasteiger partial charge in [-0.2, -0.15) is 4.31 Å². The van der Waals surface area contributed by atoms with Crippen molar-refractivity contribution in [1.29, 1.82) is 0 Å². The number of rotatable bonds is 4. The quantitative estimate of drug-likeness (QED) is 0.864. The monoisotopic (exact) mass is 344 g/mol. The smallest absolute Gasteiger partial charge is 0.243 e. The summed E-state index contributed by atoms with van der Waals surface area (Å²) < 4.78 is 26.1. The second-order valence-electron chi connectivity index (χ2n) is 4.57. The number of hydrogen-bond acceptors (Lipinski definition) is 3. The molecule has 0 saturated heterocycles. The minimum absolute atomic E-state index is 0.134. The Hall–Kier alpha value is -1.27. The number of sulfonamides is 1. The van der Waals surface area contributed by atoms with Gasteiger partial charge in [0, 0.05) is 29.3 Å². The maximum atomic E-state index is 12.5. The molecule has 0 aromatic heterocycles. The third-order valence-electron chi connectivity index (χ3n) is 2.98. The van der Waals surface area contributed by atoms with Gasteiger partial charge in [0.05, 0.1) is 4.90 Å². The SMILES string of the molecule is CN(Cc1cc(N)ccc1Cl)S(=O)(=O)c1ccc(Cl)cc1. The molecular formula is C14H14Cl2N2O2S. The molecule has 0 amide bonds. The molecule has 2 N–H and O–H groups in total. The lowest BCUT2D eigenvalue weighted by atomic mass is 10.2. The Morgan fingerprint density at radius 2 is 1.71 bits per heavy atom. The van der Waals surface area contributed by atoms with E-state index in [2.05, 4.69) is 0 Å². The van der Waals surface area contributed by atoms with E-state index in [1.807, 2.05) is 0 Å². The molecule has 0 radical (unpaired) electrons. The van der Waals surface area contributed by atoms with Crippen molar-refractivity contribution in [2.75, 3.05) is 12.8 Å². The highest BCUT2D eigenvalue weighted by molar-refractivity contribution is 7.89. The van der Waals surface area contributed by atoms with E-state index >= 15 is 0 Å². The molecule has 7 heteroatoms. The number of nitrogens with two attached hydrogens (primary N) is 1. The Morgan fingerprint density at radius 3 is 2.33 bits per heavy atom. The van der Waals surface area contributed by atoms with E-state index in [0.717, 1.165) is 0 Å². The molecule has 0 aliphatic heterocycles. The highest BCUT2D eigenvalue weighted by Gasteiger charge is 2.21. The molecule has 2 rings (SSSR count). The van der Waals surface area contributed by atoms with Gasteiger partial charge < -0.3 is 5.73 Å². The summed E-state index contributed by atoms with van der Waals surface area (Å²) in [6.45, 7) is 0.134. The molecule has 2 aromatic rings. The Morgan fingerprint density at radius 1 is 1.10 bits per heavy atom. The molecule has 0 spiro atoms. The molecule has 0 heterocycles. The zero-order valence-electron chi connectivity index (χ0n) is 11.3. The van der Waals surface area contributed by atoms with E-state index in [4.69, 9.17) is 28.9 Å². The van der Waals surface area contributed by atoms with Gasteiger partial charge >= 0.3 is 0 Å². The number of nitrogen functional groups attached to an aromatic ring is 1. The first-order valence-electron chi connectivity index (χ1n) is 6.06. The summed E-state index contributed by atoms with van der Waals surface area (Å²) in [5.41, 5.74) is 6.88. The van der Waals surface area contributed by atoms with Crippen molar-refractivity contribution in [3.05, 3.63) is 58.1 Å². The van der Waals surface area contributed by atoms with E-state index < -0.39 is 10.0 Å². The summed E-state index contributed by atoms with van der Waals surface area (Å²) in [7, 11) is -2.12. The van der Waals surface area contributed by atoms with Gasteiger partial charge in [0.15, 0.2) is 0 Å². The fourth-order valence-electron chi connectivity index (χ4n) is 1.83. The van der Waals surface area contributed by atoms with Crippen LogP contribution in [0.1, 0.15) is 5.56 Å². The molecule has 0 saturated carbocycles. The van der Waals surface area contributed by atoms with E-state index in [9.17, 15) is 8.42 Å². The van der Waals surface area contributed by atoms with Crippen molar-refractivity contribution < 1.29 is 8.42 Å². The zero-order valence-corrected chi connectivity index (χ0v) is 13.6. The van der Waals surface area contributed by atoms with Gasteiger partial charge in [0.2, 0.25) is 10.0 Å². The van der Waals surface area contributed by atoms with Crippen molar-refractivity contribution in [1.82, 2.24) is 4.31 Å². The summed E-state index contributed by atoms with van der Waals surface area (Å²) in [4.78, 5) is 0.175. The standard InChI is InChI=1S/C14H14Cl2N2O2S/c1-18(9-10-8-12(17)4-7-14(10)16)21(19,20)13-5-2-11(15)3-6-13/h2-8H,9,17H2,1H3. The normalized spacial score (nSPS) is 11.8. The molecule has 21 heavy (non-hydrogen) atoms. The maximum Gasteiger partial charge on any atom is 0.243 e. The molecular weight excluding hydrogens is 331 g/mol. The molecule has 0 aliphatic carbocycles. The van der Waals surface area contributed by atoms with Gasteiger partial charge in [-0.3, -0.25) is 0 Å². The summed E-state index contributed by atoms with van der Waals surface area (Å²) >= 11 is 11.8. The van der Waals surface area contributed by atoms with Gasteiger partial charge in [0.1, 0.15) is 0 Å². The highest BCUT2D eigenvalue weighted by Crippen LogP contribution is 2.23. The minimum atomic E-state index is -3.61. The molecule has 4 nitrogen and oxygen atoms in total. The fourth-order valence-corrected chi connectivity index (χ4v) is 3.28. The molecule has 0 atom stereocenters. The van der Waals surface area contributed by atoms with Gasteiger partial charge in [0.25, 0.3) is 0 Å². The first-order valence-corrected chi connectivity index (χ1v) is 8.26. The second-order valence-corrected chi connectivity index (χ2v) is 7.45. The first kappa shape index (κ1) is 16.1. The van der Waals surface area contributed by atoms with Gasteiger partial charge in [-0.05, 0) is 48.0 Å².